The van der Waals surface area contributed by atoms with Crippen molar-refractivity contribution in [2.75, 3.05) is 6.54 Å². The maximum Gasteiger partial charge on any atom is 0.412 e. The van der Waals surface area contributed by atoms with Crippen molar-refractivity contribution in [2.45, 2.75) is 45.3 Å². The zero-order valence-electron chi connectivity index (χ0n) is 10.1. The summed E-state index contributed by atoms with van der Waals surface area (Å²) in [6, 6.07) is 0. The fraction of sp³-hybridized carbons (Fsp3) is 0.800. The fourth-order valence-electron chi connectivity index (χ4n) is 1.01. The Kier molecular flexibility index (Phi) is 5.44. The highest BCUT2D eigenvalue weighted by Crippen LogP contribution is 2.29. The SMILES string of the molecule is CCC(=O)NCC(C)(NC(=O)CC)C(F)(F)F. The van der Waals surface area contributed by atoms with Gasteiger partial charge in [-0.05, 0) is 6.92 Å². The molecule has 0 aliphatic carbocycles. The van der Waals surface area contributed by atoms with Crippen molar-refractivity contribution in [3.8, 4) is 0 Å². The van der Waals surface area contributed by atoms with Gasteiger partial charge in [0.25, 0.3) is 0 Å². The molecule has 2 amide bonds. The minimum absolute atomic E-state index is 0.0482. The Morgan fingerprint density at radius 3 is 1.88 bits per heavy atom. The zero-order valence-corrected chi connectivity index (χ0v) is 10.1. The van der Waals surface area contributed by atoms with E-state index < -0.39 is 30.1 Å². The van der Waals surface area contributed by atoms with Gasteiger partial charge in [-0.3, -0.25) is 9.59 Å². The Hall–Kier alpha value is -1.27. The first-order chi connectivity index (χ1) is 7.66. The molecule has 0 aromatic rings. The standard InChI is InChI=1S/C10H17F3N2O2/c1-4-7(16)14-6-9(3,10(11,12)13)15-8(17)5-2/h4-6H2,1-3H3,(H,14,16)(H,15,17). The van der Waals surface area contributed by atoms with E-state index in [4.69, 9.17) is 0 Å². The summed E-state index contributed by atoms with van der Waals surface area (Å²) in [5, 5.41) is 4.02. The molecule has 0 aliphatic rings. The van der Waals surface area contributed by atoms with Crippen molar-refractivity contribution in [2.24, 2.45) is 0 Å². The average molecular weight is 254 g/mol. The largest absolute Gasteiger partial charge is 0.412 e. The van der Waals surface area contributed by atoms with Crippen molar-refractivity contribution >= 4 is 11.8 Å². The lowest BCUT2D eigenvalue weighted by atomic mass is 10.0. The van der Waals surface area contributed by atoms with E-state index in [0.717, 1.165) is 6.92 Å². The Morgan fingerprint density at radius 2 is 1.53 bits per heavy atom. The highest BCUT2D eigenvalue weighted by atomic mass is 19.4. The molecule has 7 heteroatoms. The van der Waals surface area contributed by atoms with E-state index >= 15 is 0 Å². The van der Waals surface area contributed by atoms with Gasteiger partial charge in [0.1, 0.15) is 0 Å². The molecular formula is C10H17F3N2O2. The maximum absolute atomic E-state index is 12.8. The van der Waals surface area contributed by atoms with Crippen molar-refractivity contribution in [3.05, 3.63) is 0 Å². The number of carbonyl (C=O) groups is 2. The van der Waals surface area contributed by atoms with Crippen LogP contribution in [-0.4, -0.2) is 30.1 Å². The van der Waals surface area contributed by atoms with Gasteiger partial charge in [-0.1, -0.05) is 13.8 Å². The molecule has 0 rings (SSSR count). The average Bonchev–Trinajstić information content (AvgIpc) is 2.24. The molecule has 1 atom stereocenters. The third-order valence-corrected chi connectivity index (χ3v) is 2.32. The van der Waals surface area contributed by atoms with Gasteiger partial charge in [-0.15, -0.1) is 0 Å². The molecule has 0 aliphatic heterocycles. The Balaban J connectivity index is 4.74. The molecule has 0 aromatic carbocycles. The van der Waals surface area contributed by atoms with E-state index in [1.165, 1.54) is 13.8 Å². The number of hydrogen-bond donors (Lipinski definition) is 2. The van der Waals surface area contributed by atoms with Crippen LogP contribution in [0.4, 0.5) is 13.2 Å². The Labute approximate surface area is 97.9 Å². The molecule has 100 valence electrons. The maximum atomic E-state index is 12.8. The van der Waals surface area contributed by atoms with E-state index in [-0.39, 0.29) is 12.8 Å². The van der Waals surface area contributed by atoms with Crippen LogP contribution < -0.4 is 10.6 Å². The number of amides is 2. The smallest absolute Gasteiger partial charge is 0.353 e. The van der Waals surface area contributed by atoms with Gasteiger partial charge in [-0.25, -0.2) is 0 Å². The van der Waals surface area contributed by atoms with Gasteiger partial charge in [0.15, 0.2) is 5.54 Å². The van der Waals surface area contributed by atoms with E-state index in [2.05, 4.69) is 5.32 Å². The molecule has 0 bridgehead atoms. The molecule has 0 spiro atoms. The second-order valence-corrected chi connectivity index (χ2v) is 3.86. The number of carbonyl (C=O) groups excluding carboxylic acids is 2. The highest BCUT2D eigenvalue weighted by molar-refractivity contribution is 5.77. The fourth-order valence-corrected chi connectivity index (χ4v) is 1.01. The molecule has 0 saturated carbocycles. The van der Waals surface area contributed by atoms with Crippen molar-refractivity contribution in [1.29, 1.82) is 0 Å². The predicted octanol–water partition coefficient (Wildman–Crippen LogP) is 1.36. The highest BCUT2D eigenvalue weighted by Gasteiger charge is 2.52. The molecule has 0 aromatic heterocycles. The zero-order chi connectivity index (χ0) is 13.7. The van der Waals surface area contributed by atoms with E-state index in [1.54, 1.807) is 0 Å². The summed E-state index contributed by atoms with van der Waals surface area (Å²) in [6.07, 6.45) is -4.58. The van der Waals surface area contributed by atoms with Crippen molar-refractivity contribution in [1.82, 2.24) is 10.6 Å². The second kappa shape index (κ2) is 5.88. The molecule has 17 heavy (non-hydrogen) atoms. The van der Waals surface area contributed by atoms with Crippen LogP contribution in [0.15, 0.2) is 0 Å². The lowest BCUT2D eigenvalue weighted by Crippen LogP contribution is -2.62. The summed E-state index contributed by atoms with van der Waals surface area (Å²) in [6.45, 7) is 3.16. The summed E-state index contributed by atoms with van der Waals surface area (Å²) >= 11 is 0. The van der Waals surface area contributed by atoms with Crippen LogP contribution in [0.25, 0.3) is 0 Å². The molecule has 2 N–H and O–H groups in total. The normalized spacial score (nSPS) is 14.9. The molecular weight excluding hydrogens is 237 g/mol. The summed E-state index contributed by atoms with van der Waals surface area (Å²) < 4.78 is 38.4. The first-order valence-electron chi connectivity index (χ1n) is 5.30. The summed E-state index contributed by atoms with van der Waals surface area (Å²) in [5.74, 6) is -1.21. The monoisotopic (exact) mass is 254 g/mol. The van der Waals surface area contributed by atoms with Crippen molar-refractivity contribution < 1.29 is 22.8 Å². The Morgan fingerprint density at radius 1 is 1.06 bits per heavy atom. The topological polar surface area (TPSA) is 58.2 Å². The van der Waals surface area contributed by atoms with Crippen molar-refractivity contribution in [3.63, 3.8) is 0 Å². The quantitative estimate of drug-likeness (QED) is 0.778. The first kappa shape index (κ1) is 15.7. The molecule has 0 saturated heterocycles. The van der Waals surface area contributed by atoms with Crippen LogP contribution in [0, 0.1) is 0 Å². The van der Waals surface area contributed by atoms with E-state index in [1.807, 2.05) is 5.32 Å². The van der Waals surface area contributed by atoms with Crippen LogP contribution >= 0.6 is 0 Å². The molecule has 0 fully saturated rings. The summed E-state index contributed by atoms with van der Waals surface area (Å²) in [4.78, 5) is 22.0. The number of nitrogens with one attached hydrogen (secondary N) is 2. The molecule has 4 nitrogen and oxygen atoms in total. The molecule has 1 unspecified atom stereocenters. The van der Waals surface area contributed by atoms with Gasteiger partial charge in [0.05, 0.1) is 0 Å². The minimum atomic E-state index is -4.63. The summed E-state index contributed by atoms with van der Waals surface area (Å²) in [5.41, 5.74) is -2.44. The van der Waals surface area contributed by atoms with Gasteiger partial charge in [0.2, 0.25) is 11.8 Å². The van der Waals surface area contributed by atoms with Gasteiger partial charge < -0.3 is 10.6 Å². The number of hydrogen-bond acceptors (Lipinski definition) is 2. The summed E-state index contributed by atoms with van der Waals surface area (Å²) in [7, 11) is 0. The Bertz CT molecular complexity index is 292. The van der Waals surface area contributed by atoms with Gasteiger partial charge in [0, 0.05) is 19.4 Å². The lowest BCUT2D eigenvalue weighted by molar-refractivity contribution is -0.192. The third kappa shape index (κ3) is 4.62. The van der Waals surface area contributed by atoms with Crippen LogP contribution in [0.5, 0.6) is 0 Å². The number of rotatable bonds is 5. The van der Waals surface area contributed by atoms with Crippen LogP contribution in [-0.2, 0) is 9.59 Å². The van der Waals surface area contributed by atoms with E-state index in [0.29, 0.717) is 0 Å². The van der Waals surface area contributed by atoms with Gasteiger partial charge in [-0.2, -0.15) is 13.2 Å². The number of halogens is 3. The van der Waals surface area contributed by atoms with Gasteiger partial charge >= 0.3 is 6.18 Å². The molecule has 0 radical (unpaired) electrons. The van der Waals surface area contributed by atoms with Crippen LogP contribution in [0.3, 0.4) is 0 Å². The lowest BCUT2D eigenvalue weighted by Gasteiger charge is -2.33. The van der Waals surface area contributed by atoms with E-state index in [9.17, 15) is 22.8 Å². The first-order valence-corrected chi connectivity index (χ1v) is 5.30. The predicted molar refractivity (Wildman–Crippen MR) is 56.2 cm³/mol. The minimum Gasteiger partial charge on any atom is -0.353 e. The number of alkyl halides is 3. The molecule has 0 heterocycles. The second-order valence-electron chi connectivity index (χ2n) is 3.86. The van der Waals surface area contributed by atoms with Crippen LogP contribution in [0.2, 0.25) is 0 Å². The van der Waals surface area contributed by atoms with Crippen LogP contribution in [0.1, 0.15) is 33.6 Å². The third-order valence-electron chi connectivity index (χ3n) is 2.32.